The summed E-state index contributed by atoms with van der Waals surface area (Å²) in [4.78, 5) is 32.9. The minimum absolute atomic E-state index is 0.325. The van der Waals surface area contributed by atoms with Crippen molar-refractivity contribution in [3.05, 3.63) is 77.2 Å². The lowest BCUT2D eigenvalue weighted by Crippen LogP contribution is -2.27. The molecule has 5 aromatic rings. The van der Waals surface area contributed by atoms with Crippen LogP contribution in [0, 0.1) is 6.92 Å². The summed E-state index contributed by atoms with van der Waals surface area (Å²) < 4.78 is 9.64. The fourth-order valence-electron chi connectivity index (χ4n) is 5.02. The Hall–Kier alpha value is -4.47. The highest BCUT2D eigenvalue weighted by atomic mass is 16.1. The molecule has 0 atom stereocenters. The second-order valence-corrected chi connectivity index (χ2v) is 9.15. The summed E-state index contributed by atoms with van der Waals surface area (Å²) >= 11 is 0. The summed E-state index contributed by atoms with van der Waals surface area (Å²) in [6, 6.07) is 17.8. The third kappa shape index (κ3) is 4.35. The van der Waals surface area contributed by atoms with Gasteiger partial charge in [-0.1, -0.05) is 24.3 Å². The molecule has 5 rings (SSSR count). The number of rotatable bonds is 7. The largest absolute Gasteiger partial charge is 0.313 e. The van der Waals surface area contributed by atoms with Crippen LogP contribution in [0.2, 0.25) is 0 Å². The molecule has 0 bridgehead atoms. The molecule has 0 aliphatic carbocycles. The number of fused-ring (bicyclic) bond motifs is 2. The summed E-state index contributed by atoms with van der Waals surface area (Å²) in [6.45, 7) is 3.25. The van der Waals surface area contributed by atoms with E-state index in [-0.39, 0.29) is 5.91 Å². The Bertz CT molecular complexity index is 1770. The van der Waals surface area contributed by atoms with Crippen LogP contribution in [0.1, 0.15) is 29.0 Å². The molecule has 3 aromatic heterocycles. The lowest BCUT2D eigenvalue weighted by molar-refractivity contribution is -0.107. The number of carbonyl (C=O) groups is 2. The van der Waals surface area contributed by atoms with E-state index in [1.54, 1.807) is 17.8 Å². The monoisotopic (exact) mass is 498 g/mol. The average molecular weight is 499 g/mol. The van der Waals surface area contributed by atoms with Gasteiger partial charge in [-0.2, -0.15) is 15.1 Å². The fraction of sp³-hybridized carbons (Fsp3) is 0.296. The van der Waals surface area contributed by atoms with Gasteiger partial charge in [0, 0.05) is 34.2 Å². The van der Waals surface area contributed by atoms with E-state index in [9.17, 15) is 9.59 Å². The molecule has 0 unspecified atom stereocenters. The van der Waals surface area contributed by atoms with Gasteiger partial charge in [0.1, 0.15) is 5.69 Å². The Morgan fingerprint density at radius 2 is 1.35 bits per heavy atom. The third-order valence-corrected chi connectivity index (χ3v) is 6.75. The first-order valence-electron chi connectivity index (χ1n) is 12.3. The van der Waals surface area contributed by atoms with Crippen LogP contribution >= 0.6 is 0 Å². The number of hydrogen-bond donors (Lipinski definition) is 0. The summed E-state index contributed by atoms with van der Waals surface area (Å²) in [7, 11) is 5.60. The Morgan fingerprint density at radius 1 is 0.838 bits per heavy atom. The maximum Gasteiger partial charge on any atom is 0.298 e. The predicted octanol–water partition coefficient (Wildman–Crippen LogP) is 2.59. The van der Waals surface area contributed by atoms with Crippen LogP contribution in [-0.2, 0) is 39.0 Å². The molecule has 10 nitrogen and oxygen atoms in total. The predicted molar refractivity (Wildman–Crippen MR) is 141 cm³/mol. The molecule has 0 radical (unpaired) electrons. The van der Waals surface area contributed by atoms with Crippen molar-refractivity contribution in [2.75, 3.05) is 0 Å². The van der Waals surface area contributed by atoms with Crippen molar-refractivity contribution in [1.82, 2.24) is 28.0 Å². The molecule has 3 heterocycles. The molecule has 0 N–H and O–H groups in total. The second kappa shape index (κ2) is 9.88. The van der Waals surface area contributed by atoms with Crippen LogP contribution in [0.15, 0.2) is 64.6 Å². The first-order valence-corrected chi connectivity index (χ1v) is 12.3. The quantitative estimate of drug-likeness (QED) is 0.255. The summed E-state index contributed by atoms with van der Waals surface area (Å²) in [6.07, 6.45) is 2.28. The summed E-state index contributed by atoms with van der Waals surface area (Å²) in [5.74, 6) is -0.325. The highest BCUT2D eigenvalue weighted by Gasteiger charge is 2.15. The number of aryl methyl sites for hydroxylation is 6. The lowest BCUT2D eigenvalue weighted by atomic mass is 10.2. The number of aromatic nitrogens is 6. The maximum atomic E-state index is 13.1. The minimum atomic E-state index is -0.325. The van der Waals surface area contributed by atoms with Gasteiger partial charge in [0.25, 0.3) is 5.91 Å². The first kappa shape index (κ1) is 24.2. The molecule has 37 heavy (non-hydrogen) atoms. The Labute approximate surface area is 213 Å². The van der Waals surface area contributed by atoms with Crippen LogP contribution in [-0.4, -0.2) is 40.4 Å². The van der Waals surface area contributed by atoms with Crippen molar-refractivity contribution in [2.24, 2.45) is 31.1 Å². The molecular weight excluding hydrogens is 468 g/mol. The lowest BCUT2D eigenvalue weighted by Gasteiger charge is -2.07. The number of carbonyl (C=O) groups excluding carboxylic acids is 2. The van der Waals surface area contributed by atoms with Gasteiger partial charge < -0.3 is 18.3 Å². The van der Waals surface area contributed by atoms with E-state index in [0.717, 1.165) is 40.6 Å². The van der Waals surface area contributed by atoms with Crippen LogP contribution in [0.25, 0.3) is 22.1 Å². The van der Waals surface area contributed by atoms with Gasteiger partial charge >= 0.3 is 0 Å². The van der Waals surface area contributed by atoms with Crippen LogP contribution in [0.5, 0.6) is 0 Å². The zero-order valence-electron chi connectivity index (χ0n) is 21.5. The highest BCUT2D eigenvalue weighted by molar-refractivity contribution is 5.93. The number of imidazole rings is 2. The Morgan fingerprint density at radius 3 is 1.86 bits per heavy atom. The fourth-order valence-corrected chi connectivity index (χ4v) is 5.02. The Balaban J connectivity index is 1.45. The standard InChI is InChI=1S/C27H30N8O2/c1-19-17-24(33(4)30-19)25(37)29-27-32(3)21-12-6-8-14-23(21)35(27)16-10-9-15-34-22-13-7-5-11-20(22)31(2)26(34)28-18-36/h5-8,11-14,17-18H,9-10,15-16H2,1-4H3. The number of hydrogen-bond acceptors (Lipinski definition) is 3. The molecule has 190 valence electrons. The number of amides is 2. The van der Waals surface area contributed by atoms with Crippen LogP contribution in [0.3, 0.4) is 0 Å². The van der Waals surface area contributed by atoms with E-state index >= 15 is 0 Å². The van der Waals surface area contributed by atoms with Gasteiger partial charge in [0.15, 0.2) is 0 Å². The Kier molecular flexibility index (Phi) is 6.47. The molecule has 0 saturated carbocycles. The number of para-hydroxylation sites is 4. The zero-order valence-corrected chi connectivity index (χ0v) is 21.5. The van der Waals surface area contributed by atoms with E-state index < -0.39 is 0 Å². The maximum absolute atomic E-state index is 13.1. The van der Waals surface area contributed by atoms with E-state index in [1.807, 2.05) is 78.7 Å². The zero-order chi connectivity index (χ0) is 26.1. The minimum Gasteiger partial charge on any atom is -0.313 e. The van der Waals surface area contributed by atoms with Gasteiger partial charge in [0.05, 0.1) is 27.8 Å². The highest BCUT2D eigenvalue weighted by Crippen LogP contribution is 2.15. The van der Waals surface area contributed by atoms with Gasteiger partial charge in [-0.3, -0.25) is 14.3 Å². The molecule has 10 heteroatoms. The topological polar surface area (TPSA) is 96.4 Å². The van der Waals surface area contributed by atoms with Crippen molar-refractivity contribution in [3.8, 4) is 0 Å². The van der Waals surface area contributed by atoms with Crippen molar-refractivity contribution >= 4 is 34.4 Å². The van der Waals surface area contributed by atoms with E-state index in [1.165, 1.54) is 0 Å². The molecule has 0 spiro atoms. The molecule has 0 aliphatic rings. The second-order valence-electron chi connectivity index (χ2n) is 9.15. The molecule has 0 aliphatic heterocycles. The van der Waals surface area contributed by atoms with Gasteiger partial charge in [-0.25, -0.2) is 0 Å². The normalized spacial score (nSPS) is 12.8. The number of nitrogens with zero attached hydrogens (tertiary/aromatic N) is 8. The molecule has 0 fully saturated rings. The van der Waals surface area contributed by atoms with Crippen molar-refractivity contribution in [2.45, 2.75) is 32.9 Å². The van der Waals surface area contributed by atoms with Gasteiger partial charge in [0.2, 0.25) is 17.6 Å². The number of unbranched alkanes of at least 4 members (excludes halogenated alkanes) is 1. The first-order chi connectivity index (χ1) is 17.9. The van der Waals surface area contributed by atoms with Crippen LogP contribution < -0.4 is 11.2 Å². The molecule has 0 saturated heterocycles. The van der Waals surface area contributed by atoms with Gasteiger partial charge in [-0.15, -0.1) is 0 Å². The smallest absolute Gasteiger partial charge is 0.298 e. The van der Waals surface area contributed by atoms with E-state index in [0.29, 0.717) is 36.4 Å². The number of benzene rings is 2. The van der Waals surface area contributed by atoms with E-state index in [4.69, 9.17) is 0 Å². The summed E-state index contributed by atoms with van der Waals surface area (Å²) in [5, 5.41) is 4.28. The van der Waals surface area contributed by atoms with Crippen molar-refractivity contribution in [1.29, 1.82) is 0 Å². The summed E-state index contributed by atoms with van der Waals surface area (Å²) in [5.41, 5.74) is 6.54. The average Bonchev–Trinajstić information content (AvgIpc) is 3.47. The SMILES string of the molecule is Cc1cc(C(=O)N=c2n(C)c3ccccc3n2CCCCn2c(=NC=O)n(C)c3ccccc32)n(C)n1. The molecule has 2 amide bonds. The molecular formula is C27H30N8O2. The van der Waals surface area contributed by atoms with Gasteiger partial charge in [-0.05, 0) is 50.1 Å². The molecule has 2 aromatic carbocycles. The van der Waals surface area contributed by atoms with Crippen molar-refractivity contribution in [3.63, 3.8) is 0 Å². The third-order valence-electron chi connectivity index (χ3n) is 6.75. The van der Waals surface area contributed by atoms with Crippen LogP contribution in [0.4, 0.5) is 0 Å². The van der Waals surface area contributed by atoms with E-state index in [2.05, 4.69) is 24.2 Å². The van der Waals surface area contributed by atoms with Crippen molar-refractivity contribution < 1.29 is 9.59 Å².